The normalized spacial score (nSPS) is 23.0. The molecule has 1 heterocycles. The van der Waals surface area contributed by atoms with E-state index >= 15 is 0 Å². The summed E-state index contributed by atoms with van der Waals surface area (Å²) in [6.45, 7) is 0.449. The van der Waals surface area contributed by atoms with Crippen molar-refractivity contribution in [1.29, 1.82) is 0 Å². The summed E-state index contributed by atoms with van der Waals surface area (Å²) in [5, 5.41) is 5.05. The van der Waals surface area contributed by atoms with Crippen LogP contribution in [0.2, 0.25) is 0 Å². The number of carbonyl (C=O) groups excluding carboxylic acids is 1. The third kappa shape index (κ3) is 4.41. The fourth-order valence-corrected chi connectivity index (χ4v) is 3.33. The maximum atomic E-state index is 12.7. The second-order valence-corrected chi connectivity index (χ2v) is 6.18. The van der Waals surface area contributed by atoms with Crippen molar-refractivity contribution in [2.24, 2.45) is 11.7 Å². The van der Waals surface area contributed by atoms with E-state index in [9.17, 15) is 18.0 Å². The molecule has 2 rings (SSSR count). The molecule has 0 bridgehead atoms. The van der Waals surface area contributed by atoms with E-state index in [0.717, 1.165) is 5.01 Å². The minimum atomic E-state index is -4.18. The molecule has 0 aliphatic heterocycles. The van der Waals surface area contributed by atoms with Crippen LogP contribution in [0, 0.1) is 5.92 Å². The second-order valence-electron chi connectivity index (χ2n) is 5.24. The number of carbonyl (C=O) groups is 1. The van der Waals surface area contributed by atoms with Crippen LogP contribution < -0.4 is 11.1 Å². The van der Waals surface area contributed by atoms with Crippen molar-refractivity contribution in [3.05, 3.63) is 16.1 Å². The molecule has 0 saturated heterocycles. The summed E-state index contributed by atoms with van der Waals surface area (Å²) in [5.74, 6) is -1.72. The number of hydrogen-bond donors (Lipinski definition) is 2. The molecular formula is C13H18F3N3OS. The average molecular weight is 321 g/mol. The number of nitrogens with one attached hydrogen (secondary N) is 1. The first-order valence-corrected chi connectivity index (χ1v) is 7.80. The maximum absolute atomic E-state index is 12.7. The Labute approximate surface area is 124 Å². The molecule has 2 atom stereocenters. The van der Waals surface area contributed by atoms with Crippen molar-refractivity contribution in [1.82, 2.24) is 10.3 Å². The Hall–Kier alpha value is -1.15. The number of rotatable bonds is 4. The van der Waals surface area contributed by atoms with E-state index in [1.54, 1.807) is 5.38 Å². The Morgan fingerprint density at radius 2 is 2.24 bits per heavy atom. The van der Waals surface area contributed by atoms with Crippen LogP contribution in [0.1, 0.15) is 41.2 Å². The van der Waals surface area contributed by atoms with Crippen LogP contribution in [0.3, 0.4) is 0 Å². The van der Waals surface area contributed by atoms with E-state index in [2.05, 4.69) is 10.3 Å². The van der Waals surface area contributed by atoms with Gasteiger partial charge in [0.15, 0.2) is 0 Å². The number of nitrogens with zero attached hydrogens (tertiary/aromatic N) is 1. The molecule has 1 saturated carbocycles. The van der Waals surface area contributed by atoms with E-state index in [-0.39, 0.29) is 18.5 Å². The van der Waals surface area contributed by atoms with Crippen molar-refractivity contribution in [2.75, 3.05) is 6.54 Å². The Morgan fingerprint density at radius 1 is 1.48 bits per heavy atom. The molecule has 1 aliphatic rings. The topological polar surface area (TPSA) is 68.0 Å². The number of thiazole rings is 1. The Morgan fingerprint density at radius 3 is 2.90 bits per heavy atom. The van der Waals surface area contributed by atoms with Gasteiger partial charge in [-0.25, -0.2) is 4.98 Å². The van der Waals surface area contributed by atoms with Gasteiger partial charge in [-0.3, -0.25) is 4.79 Å². The van der Waals surface area contributed by atoms with Crippen molar-refractivity contribution in [3.63, 3.8) is 0 Å². The lowest BCUT2D eigenvalue weighted by molar-refractivity contribution is -0.183. The first kappa shape index (κ1) is 16.2. The first-order valence-electron chi connectivity index (χ1n) is 6.92. The highest BCUT2D eigenvalue weighted by Crippen LogP contribution is 2.37. The van der Waals surface area contributed by atoms with Gasteiger partial charge in [0.1, 0.15) is 5.69 Å². The molecule has 1 amide bonds. The van der Waals surface area contributed by atoms with Gasteiger partial charge in [0.2, 0.25) is 0 Å². The van der Waals surface area contributed by atoms with Crippen molar-refractivity contribution >= 4 is 17.2 Å². The predicted molar refractivity (Wildman–Crippen MR) is 74.1 cm³/mol. The summed E-state index contributed by atoms with van der Waals surface area (Å²) < 4.78 is 38.2. The zero-order valence-electron chi connectivity index (χ0n) is 11.4. The molecule has 1 fully saturated rings. The van der Waals surface area contributed by atoms with Gasteiger partial charge in [0.05, 0.1) is 10.9 Å². The minimum absolute atomic E-state index is 0.0466. The number of hydrogen-bond acceptors (Lipinski definition) is 4. The molecule has 0 spiro atoms. The molecule has 0 radical (unpaired) electrons. The summed E-state index contributed by atoms with van der Waals surface area (Å²) >= 11 is 1.34. The lowest BCUT2D eigenvalue weighted by Gasteiger charge is -2.30. The molecule has 21 heavy (non-hydrogen) atoms. The number of nitrogens with two attached hydrogens (primary N) is 1. The highest BCUT2D eigenvalue weighted by atomic mass is 32.1. The fraction of sp³-hybridized carbons (Fsp3) is 0.692. The van der Waals surface area contributed by atoms with Crippen LogP contribution in [0.5, 0.6) is 0 Å². The largest absolute Gasteiger partial charge is 0.391 e. The van der Waals surface area contributed by atoms with Crippen LogP contribution in [-0.2, 0) is 6.42 Å². The molecule has 118 valence electrons. The molecule has 3 N–H and O–H groups in total. The summed E-state index contributed by atoms with van der Waals surface area (Å²) in [4.78, 5) is 16.1. The zero-order valence-corrected chi connectivity index (χ0v) is 12.3. The summed E-state index contributed by atoms with van der Waals surface area (Å²) in [7, 11) is 0. The van der Waals surface area contributed by atoms with Gasteiger partial charge in [-0.1, -0.05) is 6.42 Å². The number of halogens is 3. The second kappa shape index (κ2) is 6.74. The van der Waals surface area contributed by atoms with Gasteiger partial charge in [-0.2, -0.15) is 13.2 Å². The standard InChI is InChI=1S/C13H18F3N3OS/c14-13(15,16)8-2-1-3-9(6-8)18-12(20)10-7-21-11(19-10)4-5-17/h7-9H,1-6,17H2,(H,18,20). The monoisotopic (exact) mass is 321 g/mol. The number of aromatic nitrogens is 1. The van der Waals surface area contributed by atoms with E-state index < -0.39 is 24.0 Å². The SMILES string of the molecule is NCCc1nc(C(=O)NC2CCCC(C(F)(F)F)C2)cs1. The van der Waals surface area contributed by atoms with Gasteiger partial charge in [0, 0.05) is 17.8 Å². The van der Waals surface area contributed by atoms with Gasteiger partial charge in [-0.15, -0.1) is 11.3 Å². The lowest BCUT2D eigenvalue weighted by Crippen LogP contribution is -2.41. The van der Waals surface area contributed by atoms with Gasteiger partial charge in [-0.05, 0) is 25.8 Å². The molecule has 0 aromatic carbocycles. The Balaban J connectivity index is 1.92. The number of amides is 1. The van der Waals surface area contributed by atoms with E-state index in [1.807, 2.05) is 0 Å². The van der Waals surface area contributed by atoms with Gasteiger partial charge >= 0.3 is 6.18 Å². The van der Waals surface area contributed by atoms with Crippen molar-refractivity contribution in [3.8, 4) is 0 Å². The first-order chi connectivity index (χ1) is 9.90. The van der Waals surface area contributed by atoms with Gasteiger partial charge in [0.25, 0.3) is 5.91 Å². The summed E-state index contributed by atoms with van der Waals surface area (Å²) in [6, 6.07) is -0.433. The third-order valence-electron chi connectivity index (χ3n) is 3.61. The smallest absolute Gasteiger partial charge is 0.348 e. The van der Waals surface area contributed by atoms with Crippen LogP contribution >= 0.6 is 11.3 Å². The van der Waals surface area contributed by atoms with Crippen LogP contribution in [0.15, 0.2) is 5.38 Å². The van der Waals surface area contributed by atoms with Crippen LogP contribution in [0.4, 0.5) is 13.2 Å². The summed E-state index contributed by atoms with van der Waals surface area (Å²) in [5.41, 5.74) is 5.67. The van der Waals surface area contributed by atoms with E-state index in [1.165, 1.54) is 11.3 Å². The molecule has 8 heteroatoms. The molecular weight excluding hydrogens is 303 g/mol. The highest BCUT2D eigenvalue weighted by molar-refractivity contribution is 7.09. The molecule has 4 nitrogen and oxygen atoms in total. The van der Waals surface area contributed by atoms with E-state index in [4.69, 9.17) is 5.73 Å². The summed E-state index contributed by atoms with van der Waals surface area (Å²) in [6.07, 6.45) is -2.43. The molecule has 1 aromatic rings. The van der Waals surface area contributed by atoms with E-state index in [0.29, 0.717) is 25.8 Å². The Bertz CT molecular complexity index is 489. The fourth-order valence-electron chi connectivity index (χ4n) is 2.53. The van der Waals surface area contributed by atoms with Crippen LogP contribution in [-0.4, -0.2) is 29.7 Å². The highest BCUT2D eigenvalue weighted by Gasteiger charge is 2.42. The molecule has 2 unspecified atom stereocenters. The van der Waals surface area contributed by atoms with Crippen molar-refractivity contribution in [2.45, 2.75) is 44.3 Å². The average Bonchev–Trinajstić information content (AvgIpc) is 2.87. The molecule has 1 aromatic heterocycles. The maximum Gasteiger partial charge on any atom is 0.391 e. The molecule has 1 aliphatic carbocycles. The Kier molecular flexibility index (Phi) is 5.21. The number of alkyl halides is 3. The predicted octanol–water partition coefficient (Wildman–Crippen LogP) is 2.50. The zero-order chi connectivity index (χ0) is 15.5. The third-order valence-corrected chi connectivity index (χ3v) is 4.52. The quantitative estimate of drug-likeness (QED) is 0.895. The van der Waals surface area contributed by atoms with Gasteiger partial charge < -0.3 is 11.1 Å². The van der Waals surface area contributed by atoms with Crippen molar-refractivity contribution < 1.29 is 18.0 Å². The lowest BCUT2D eigenvalue weighted by atomic mass is 9.85. The minimum Gasteiger partial charge on any atom is -0.348 e. The van der Waals surface area contributed by atoms with Crippen LogP contribution in [0.25, 0.3) is 0 Å².